The number of hydrazine groups is 1. The number of aromatic nitrogens is 1. The summed E-state index contributed by atoms with van der Waals surface area (Å²) in [7, 11) is 0. The number of nitrogens with zero attached hydrogens (tertiary/aromatic N) is 2. The van der Waals surface area contributed by atoms with Crippen molar-refractivity contribution in [1.29, 1.82) is 0 Å². The van der Waals surface area contributed by atoms with Crippen molar-refractivity contribution >= 4 is 34.5 Å². The van der Waals surface area contributed by atoms with Crippen LogP contribution in [0.5, 0.6) is 0 Å². The van der Waals surface area contributed by atoms with Crippen LogP contribution in [0.2, 0.25) is 0 Å². The molecule has 0 spiro atoms. The SMILES string of the molecule is CC(C)(O)c1ccc(NNC(=S)Nc2ccc([N+](=O)[O-])cc2)nc1. The minimum Gasteiger partial charge on any atom is -0.386 e. The standard InChI is InChI=1S/C15H17N5O3S/c1-15(2,21)10-3-8-13(16-9-10)18-19-14(24)17-11-4-6-12(7-5-11)20(22)23/h3-9,21H,1-2H3,(H,16,18)(H2,17,19,24). The van der Waals surface area contributed by atoms with Gasteiger partial charge in [-0.25, -0.2) is 4.98 Å². The van der Waals surface area contributed by atoms with Crippen LogP contribution in [-0.2, 0) is 5.60 Å². The van der Waals surface area contributed by atoms with Gasteiger partial charge in [-0.3, -0.25) is 21.0 Å². The summed E-state index contributed by atoms with van der Waals surface area (Å²) in [5, 5.41) is 23.6. The van der Waals surface area contributed by atoms with Gasteiger partial charge in [0.15, 0.2) is 5.11 Å². The third kappa shape index (κ3) is 4.86. The van der Waals surface area contributed by atoms with Gasteiger partial charge in [0.05, 0.1) is 10.5 Å². The van der Waals surface area contributed by atoms with E-state index in [4.69, 9.17) is 12.2 Å². The van der Waals surface area contributed by atoms with Gasteiger partial charge < -0.3 is 10.4 Å². The Kier molecular flexibility index (Phi) is 5.27. The van der Waals surface area contributed by atoms with Gasteiger partial charge >= 0.3 is 0 Å². The van der Waals surface area contributed by atoms with Crippen LogP contribution >= 0.6 is 12.2 Å². The number of nitro benzene ring substituents is 1. The molecule has 0 amide bonds. The van der Waals surface area contributed by atoms with Crippen LogP contribution in [0.15, 0.2) is 42.6 Å². The lowest BCUT2D eigenvalue weighted by atomic mass is 10.0. The summed E-state index contributed by atoms with van der Waals surface area (Å²) in [5.74, 6) is 0.524. The van der Waals surface area contributed by atoms with E-state index in [0.717, 1.165) is 0 Å². The zero-order valence-electron chi connectivity index (χ0n) is 13.1. The number of hydrogen-bond donors (Lipinski definition) is 4. The van der Waals surface area contributed by atoms with Crippen LogP contribution in [0, 0.1) is 10.1 Å². The number of benzene rings is 1. The highest BCUT2D eigenvalue weighted by atomic mass is 32.1. The lowest BCUT2D eigenvalue weighted by molar-refractivity contribution is -0.384. The lowest BCUT2D eigenvalue weighted by Gasteiger charge is -2.17. The highest BCUT2D eigenvalue weighted by molar-refractivity contribution is 7.80. The van der Waals surface area contributed by atoms with Gasteiger partial charge in [-0.05, 0) is 44.3 Å². The molecule has 0 aliphatic rings. The van der Waals surface area contributed by atoms with Gasteiger partial charge in [-0.1, -0.05) is 6.07 Å². The number of non-ortho nitro benzene ring substituents is 1. The van der Waals surface area contributed by atoms with Crippen molar-refractivity contribution in [2.45, 2.75) is 19.4 Å². The summed E-state index contributed by atoms with van der Waals surface area (Å²) in [4.78, 5) is 14.3. The molecule has 0 fully saturated rings. The number of thiocarbonyl (C=S) groups is 1. The van der Waals surface area contributed by atoms with Crippen molar-refractivity contribution in [2.75, 3.05) is 10.7 Å². The van der Waals surface area contributed by atoms with Crippen LogP contribution in [0.25, 0.3) is 0 Å². The minimum absolute atomic E-state index is 0.00801. The molecule has 24 heavy (non-hydrogen) atoms. The third-order valence-corrected chi connectivity index (χ3v) is 3.31. The van der Waals surface area contributed by atoms with Crippen LogP contribution < -0.4 is 16.2 Å². The fourth-order valence-corrected chi connectivity index (χ4v) is 1.95. The first-order valence-electron chi connectivity index (χ1n) is 7.02. The summed E-state index contributed by atoms with van der Waals surface area (Å²) < 4.78 is 0. The average Bonchev–Trinajstić information content (AvgIpc) is 2.53. The molecule has 9 heteroatoms. The molecule has 2 rings (SSSR count). The summed E-state index contributed by atoms with van der Waals surface area (Å²) >= 11 is 5.12. The zero-order valence-corrected chi connectivity index (χ0v) is 13.9. The fraction of sp³-hybridized carbons (Fsp3) is 0.200. The Morgan fingerprint density at radius 3 is 2.42 bits per heavy atom. The Balaban J connectivity index is 1.87. The van der Waals surface area contributed by atoms with Crippen molar-refractivity contribution in [3.05, 3.63) is 58.3 Å². The molecule has 0 saturated heterocycles. The number of rotatable bonds is 5. The average molecular weight is 347 g/mol. The van der Waals surface area contributed by atoms with Crippen molar-refractivity contribution in [2.24, 2.45) is 0 Å². The van der Waals surface area contributed by atoms with Crippen molar-refractivity contribution in [3.63, 3.8) is 0 Å². The molecule has 0 radical (unpaired) electrons. The minimum atomic E-state index is -0.953. The van der Waals surface area contributed by atoms with Crippen LogP contribution in [-0.4, -0.2) is 20.1 Å². The van der Waals surface area contributed by atoms with Gasteiger partial charge in [-0.15, -0.1) is 0 Å². The smallest absolute Gasteiger partial charge is 0.269 e. The molecule has 8 nitrogen and oxygen atoms in total. The predicted molar refractivity (Wildman–Crippen MR) is 95.6 cm³/mol. The topological polar surface area (TPSA) is 112 Å². The molecule has 0 aliphatic heterocycles. The van der Waals surface area contributed by atoms with E-state index in [2.05, 4.69) is 21.2 Å². The van der Waals surface area contributed by atoms with Crippen LogP contribution in [0.3, 0.4) is 0 Å². The Bertz CT molecular complexity index is 726. The first kappa shape index (κ1) is 17.6. The molecule has 1 heterocycles. The van der Waals surface area contributed by atoms with E-state index < -0.39 is 10.5 Å². The molecule has 0 aliphatic carbocycles. The Morgan fingerprint density at radius 2 is 1.92 bits per heavy atom. The molecule has 2 aromatic rings. The molecule has 0 unspecified atom stereocenters. The molecule has 1 aromatic heterocycles. The van der Waals surface area contributed by atoms with E-state index in [0.29, 0.717) is 17.1 Å². The number of nitro groups is 1. The first-order chi connectivity index (χ1) is 11.3. The predicted octanol–water partition coefficient (Wildman–Crippen LogP) is 2.53. The van der Waals surface area contributed by atoms with Crippen LogP contribution in [0.4, 0.5) is 17.2 Å². The monoisotopic (exact) mass is 347 g/mol. The maximum absolute atomic E-state index is 10.6. The second-order valence-corrected chi connectivity index (χ2v) is 5.91. The van der Waals surface area contributed by atoms with Crippen molar-refractivity contribution in [1.82, 2.24) is 10.4 Å². The molecular formula is C15H17N5O3S. The highest BCUT2D eigenvalue weighted by Crippen LogP contribution is 2.19. The lowest BCUT2D eigenvalue weighted by Crippen LogP contribution is -2.33. The van der Waals surface area contributed by atoms with E-state index in [1.165, 1.54) is 12.1 Å². The van der Waals surface area contributed by atoms with Gasteiger partial charge in [-0.2, -0.15) is 0 Å². The largest absolute Gasteiger partial charge is 0.386 e. The zero-order chi connectivity index (χ0) is 17.7. The number of pyridine rings is 1. The summed E-state index contributed by atoms with van der Waals surface area (Å²) in [6.07, 6.45) is 1.57. The van der Waals surface area contributed by atoms with E-state index in [-0.39, 0.29) is 10.8 Å². The Labute approximate surface area is 144 Å². The quantitative estimate of drug-likeness (QED) is 0.371. The molecule has 4 N–H and O–H groups in total. The third-order valence-electron chi connectivity index (χ3n) is 3.11. The summed E-state index contributed by atoms with van der Waals surface area (Å²) in [6, 6.07) is 9.34. The molecule has 126 valence electrons. The van der Waals surface area contributed by atoms with Crippen molar-refractivity contribution < 1.29 is 10.0 Å². The van der Waals surface area contributed by atoms with Gasteiger partial charge in [0.1, 0.15) is 5.82 Å². The van der Waals surface area contributed by atoms with E-state index >= 15 is 0 Å². The van der Waals surface area contributed by atoms with Crippen LogP contribution in [0.1, 0.15) is 19.4 Å². The maximum Gasteiger partial charge on any atom is 0.269 e. The van der Waals surface area contributed by atoms with E-state index in [1.54, 1.807) is 44.3 Å². The summed E-state index contributed by atoms with van der Waals surface area (Å²) in [6.45, 7) is 3.36. The maximum atomic E-state index is 10.6. The van der Waals surface area contributed by atoms with Gasteiger partial charge in [0.2, 0.25) is 0 Å². The fourth-order valence-electron chi connectivity index (χ4n) is 1.78. The second-order valence-electron chi connectivity index (χ2n) is 5.50. The molecular weight excluding hydrogens is 330 g/mol. The highest BCUT2D eigenvalue weighted by Gasteiger charge is 2.15. The number of hydrogen-bond acceptors (Lipinski definition) is 6. The molecule has 0 saturated carbocycles. The molecule has 0 bridgehead atoms. The van der Waals surface area contributed by atoms with Gasteiger partial charge in [0.25, 0.3) is 5.69 Å². The molecule has 0 atom stereocenters. The number of nitrogens with one attached hydrogen (secondary N) is 3. The number of anilines is 2. The van der Waals surface area contributed by atoms with Crippen molar-refractivity contribution in [3.8, 4) is 0 Å². The first-order valence-corrected chi connectivity index (χ1v) is 7.43. The second kappa shape index (κ2) is 7.20. The Hall–Kier alpha value is -2.78. The Morgan fingerprint density at radius 1 is 1.25 bits per heavy atom. The normalized spacial score (nSPS) is 10.8. The van der Waals surface area contributed by atoms with Gasteiger partial charge in [0, 0.05) is 29.6 Å². The summed E-state index contributed by atoms with van der Waals surface area (Å²) in [5.41, 5.74) is 5.94. The van der Waals surface area contributed by atoms with E-state index in [1.807, 2.05) is 0 Å². The van der Waals surface area contributed by atoms with E-state index in [9.17, 15) is 15.2 Å². The number of aliphatic hydroxyl groups is 1. The molecule has 1 aromatic carbocycles.